The predicted octanol–water partition coefficient (Wildman–Crippen LogP) is 3.36. The minimum atomic E-state index is -0.162. The van der Waals surface area contributed by atoms with Gasteiger partial charge < -0.3 is 19.5 Å². The van der Waals surface area contributed by atoms with Gasteiger partial charge in [0.1, 0.15) is 13.2 Å². The lowest BCUT2D eigenvalue weighted by atomic mass is 10.1. The van der Waals surface area contributed by atoms with Crippen molar-refractivity contribution < 1.29 is 19.0 Å². The number of rotatable bonds is 5. The lowest BCUT2D eigenvalue weighted by Crippen LogP contribution is -2.24. The fourth-order valence-electron chi connectivity index (χ4n) is 2.65. The van der Waals surface area contributed by atoms with Gasteiger partial charge in [0.15, 0.2) is 11.5 Å². The van der Waals surface area contributed by atoms with Gasteiger partial charge in [-0.25, -0.2) is 0 Å². The first-order valence-electron chi connectivity index (χ1n) is 8.18. The van der Waals surface area contributed by atoms with Gasteiger partial charge in [0.25, 0.3) is 0 Å². The van der Waals surface area contributed by atoms with Crippen molar-refractivity contribution in [3.63, 3.8) is 0 Å². The Kier molecular flexibility index (Phi) is 5.23. The van der Waals surface area contributed by atoms with Crippen LogP contribution in [0.1, 0.15) is 24.1 Å². The highest BCUT2D eigenvalue weighted by molar-refractivity contribution is 5.92. The standard InChI is InChI=1S/C20H21NO4/c1-14(16-6-4-3-5-7-16)21-19(22)9-8-15-12-17(23-2)20-18(13-15)24-10-11-25-20/h3-9,12-14H,10-11H2,1-2H3,(H,21,22)/b9-8+. The molecule has 1 N–H and O–H groups in total. The van der Waals surface area contributed by atoms with Gasteiger partial charge in [-0.05, 0) is 36.3 Å². The van der Waals surface area contributed by atoms with E-state index < -0.39 is 0 Å². The fourth-order valence-corrected chi connectivity index (χ4v) is 2.65. The van der Waals surface area contributed by atoms with E-state index in [1.807, 2.05) is 49.4 Å². The average Bonchev–Trinajstić information content (AvgIpc) is 2.66. The van der Waals surface area contributed by atoms with Crippen molar-refractivity contribution in [3.8, 4) is 17.2 Å². The van der Waals surface area contributed by atoms with Crippen LogP contribution in [0.25, 0.3) is 6.08 Å². The Bertz CT molecular complexity index is 754. The molecule has 1 atom stereocenters. The van der Waals surface area contributed by atoms with Crippen LogP contribution in [0, 0.1) is 0 Å². The maximum absolute atomic E-state index is 12.2. The van der Waals surface area contributed by atoms with Gasteiger partial charge in [0.2, 0.25) is 11.7 Å². The van der Waals surface area contributed by atoms with E-state index in [-0.39, 0.29) is 11.9 Å². The Labute approximate surface area is 147 Å². The molecule has 2 aromatic carbocycles. The molecule has 0 aromatic heterocycles. The van der Waals surface area contributed by atoms with Crippen molar-refractivity contribution in [2.45, 2.75) is 13.0 Å². The molecule has 1 aliphatic rings. The minimum absolute atomic E-state index is 0.0619. The second-order valence-corrected chi connectivity index (χ2v) is 5.72. The number of methoxy groups -OCH3 is 1. The van der Waals surface area contributed by atoms with Crippen molar-refractivity contribution in [1.29, 1.82) is 0 Å². The lowest BCUT2D eigenvalue weighted by Gasteiger charge is -2.21. The highest BCUT2D eigenvalue weighted by atomic mass is 16.6. The first kappa shape index (κ1) is 16.9. The molecule has 0 aliphatic carbocycles. The van der Waals surface area contributed by atoms with Gasteiger partial charge in [-0.2, -0.15) is 0 Å². The second kappa shape index (κ2) is 7.75. The normalized spacial score (nSPS) is 14.2. The molecule has 1 unspecified atom stereocenters. The largest absolute Gasteiger partial charge is 0.493 e. The molecule has 5 nitrogen and oxygen atoms in total. The van der Waals surface area contributed by atoms with Crippen LogP contribution in [0.4, 0.5) is 0 Å². The van der Waals surface area contributed by atoms with Crippen LogP contribution in [0.3, 0.4) is 0 Å². The number of fused-ring (bicyclic) bond motifs is 1. The first-order chi connectivity index (χ1) is 12.2. The zero-order valence-corrected chi connectivity index (χ0v) is 14.3. The molecule has 1 heterocycles. The number of hydrogen-bond acceptors (Lipinski definition) is 4. The van der Waals surface area contributed by atoms with E-state index in [1.54, 1.807) is 13.2 Å². The Morgan fingerprint density at radius 2 is 1.96 bits per heavy atom. The summed E-state index contributed by atoms with van der Waals surface area (Å²) in [5.74, 6) is 1.66. The van der Waals surface area contributed by atoms with Crippen molar-refractivity contribution in [3.05, 3.63) is 59.7 Å². The third kappa shape index (κ3) is 4.12. The van der Waals surface area contributed by atoms with Gasteiger partial charge in [0, 0.05) is 6.08 Å². The van der Waals surface area contributed by atoms with Gasteiger partial charge >= 0.3 is 0 Å². The highest BCUT2D eigenvalue weighted by Gasteiger charge is 2.17. The van der Waals surface area contributed by atoms with E-state index in [0.717, 1.165) is 11.1 Å². The summed E-state index contributed by atoms with van der Waals surface area (Å²) in [5, 5.41) is 2.94. The summed E-state index contributed by atoms with van der Waals surface area (Å²) in [7, 11) is 1.58. The van der Waals surface area contributed by atoms with E-state index in [1.165, 1.54) is 6.08 Å². The molecule has 0 saturated heterocycles. The van der Waals surface area contributed by atoms with E-state index in [2.05, 4.69) is 5.32 Å². The maximum Gasteiger partial charge on any atom is 0.244 e. The number of amides is 1. The van der Waals surface area contributed by atoms with E-state index in [9.17, 15) is 4.79 Å². The van der Waals surface area contributed by atoms with Crippen molar-refractivity contribution >= 4 is 12.0 Å². The van der Waals surface area contributed by atoms with Gasteiger partial charge in [0.05, 0.1) is 13.2 Å². The number of carbonyl (C=O) groups excluding carboxylic acids is 1. The predicted molar refractivity (Wildman–Crippen MR) is 96.0 cm³/mol. The third-order valence-electron chi connectivity index (χ3n) is 3.94. The summed E-state index contributed by atoms with van der Waals surface area (Å²) >= 11 is 0. The van der Waals surface area contributed by atoms with Crippen molar-refractivity contribution in [2.24, 2.45) is 0 Å². The molecule has 0 spiro atoms. The summed E-state index contributed by atoms with van der Waals surface area (Å²) in [6, 6.07) is 13.4. The Morgan fingerprint density at radius 3 is 2.72 bits per heavy atom. The number of hydrogen-bond donors (Lipinski definition) is 1. The van der Waals surface area contributed by atoms with Gasteiger partial charge in [-0.1, -0.05) is 30.3 Å². The Morgan fingerprint density at radius 1 is 1.20 bits per heavy atom. The molecule has 0 radical (unpaired) electrons. The quantitative estimate of drug-likeness (QED) is 0.849. The second-order valence-electron chi connectivity index (χ2n) is 5.72. The van der Waals surface area contributed by atoms with Gasteiger partial charge in [-0.15, -0.1) is 0 Å². The fraction of sp³-hybridized carbons (Fsp3) is 0.250. The number of carbonyl (C=O) groups is 1. The molecule has 0 fully saturated rings. The summed E-state index contributed by atoms with van der Waals surface area (Å²) in [4.78, 5) is 12.2. The molecule has 3 rings (SSSR count). The van der Waals surface area contributed by atoms with E-state index in [4.69, 9.17) is 14.2 Å². The third-order valence-corrected chi connectivity index (χ3v) is 3.94. The molecule has 1 amide bonds. The van der Waals surface area contributed by atoms with Crippen LogP contribution in [0.2, 0.25) is 0 Å². The topological polar surface area (TPSA) is 56.8 Å². The Hall–Kier alpha value is -2.95. The van der Waals surface area contributed by atoms with Crippen LogP contribution in [0.5, 0.6) is 17.2 Å². The summed E-state index contributed by atoms with van der Waals surface area (Å²) < 4.78 is 16.5. The van der Waals surface area contributed by atoms with E-state index in [0.29, 0.717) is 30.5 Å². The van der Waals surface area contributed by atoms with Gasteiger partial charge in [-0.3, -0.25) is 4.79 Å². The Balaban J connectivity index is 1.70. The van der Waals surface area contributed by atoms with Crippen LogP contribution in [-0.2, 0) is 4.79 Å². The minimum Gasteiger partial charge on any atom is -0.493 e. The number of ether oxygens (including phenoxy) is 3. The molecule has 5 heteroatoms. The molecule has 130 valence electrons. The summed E-state index contributed by atoms with van der Waals surface area (Å²) in [6.07, 6.45) is 3.23. The number of benzene rings is 2. The van der Waals surface area contributed by atoms with Crippen molar-refractivity contribution in [2.75, 3.05) is 20.3 Å². The first-order valence-corrected chi connectivity index (χ1v) is 8.18. The van der Waals surface area contributed by atoms with Crippen LogP contribution in [0.15, 0.2) is 48.5 Å². The smallest absolute Gasteiger partial charge is 0.244 e. The zero-order valence-electron chi connectivity index (χ0n) is 14.3. The monoisotopic (exact) mass is 339 g/mol. The lowest BCUT2D eigenvalue weighted by molar-refractivity contribution is -0.117. The van der Waals surface area contributed by atoms with Crippen molar-refractivity contribution in [1.82, 2.24) is 5.32 Å². The highest BCUT2D eigenvalue weighted by Crippen LogP contribution is 2.40. The number of nitrogens with one attached hydrogen (secondary N) is 1. The maximum atomic E-state index is 12.2. The molecule has 25 heavy (non-hydrogen) atoms. The van der Waals surface area contributed by atoms with E-state index >= 15 is 0 Å². The van der Waals surface area contributed by atoms with Crippen LogP contribution < -0.4 is 19.5 Å². The summed E-state index contributed by atoms with van der Waals surface area (Å²) in [5.41, 5.74) is 1.87. The van der Waals surface area contributed by atoms with Crippen LogP contribution in [-0.4, -0.2) is 26.2 Å². The average molecular weight is 339 g/mol. The zero-order chi connectivity index (χ0) is 17.6. The molecule has 0 bridgehead atoms. The molecular formula is C20H21NO4. The SMILES string of the molecule is COc1cc(/C=C/C(=O)NC(C)c2ccccc2)cc2c1OCCO2. The molecule has 2 aromatic rings. The van der Waals surface area contributed by atoms with Crippen LogP contribution >= 0.6 is 0 Å². The molecule has 0 saturated carbocycles. The molecule has 1 aliphatic heterocycles. The molecular weight excluding hydrogens is 318 g/mol. The summed E-state index contributed by atoms with van der Waals surface area (Å²) in [6.45, 7) is 2.95.